The topological polar surface area (TPSA) is 105 Å². The molecule has 0 fully saturated rings. The first-order chi connectivity index (χ1) is 17.1. The zero-order chi connectivity index (χ0) is 26.2. The van der Waals surface area contributed by atoms with E-state index in [9.17, 15) is 9.59 Å². The minimum atomic E-state index is -0.384. The highest BCUT2D eigenvalue weighted by Gasteiger charge is 2.28. The largest absolute Gasteiger partial charge is 0.458 e. The monoisotopic (exact) mass is 634 g/mol. The van der Waals surface area contributed by atoms with Gasteiger partial charge in [0.05, 0.1) is 12.4 Å². The third-order valence-electron chi connectivity index (χ3n) is 6.76. The van der Waals surface area contributed by atoms with Gasteiger partial charge < -0.3 is 18.3 Å². The Morgan fingerprint density at radius 2 is 1.02 bits per heavy atom. The molecular weight excluding hydrogens is 589 g/mol. The second-order valence-electron chi connectivity index (χ2n) is 10.3. The number of cyclic esters (lactones) is 2. The smallest absolute Gasteiger partial charge is 0.333 e. The van der Waals surface area contributed by atoms with Crippen LogP contribution in [0.4, 0.5) is 0 Å². The Morgan fingerprint density at radius 3 is 1.32 bits per heavy atom. The molecule has 0 saturated heterocycles. The quantitative estimate of drug-likeness (QED) is 0.380. The van der Waals surface area contributed by atoms with Gasteiger partial charge in [-0.25, -0.2) is 19.6 Å². The maximum Gasteiger partial charge on any atom is 0.333 e. The van der Waals surface area contributed by atoms with Crippen molar-refractivity contribution in [2.45, 2.75) is 79.4 Å². The van der Waals surface area contributed by atoms with Crippen LogP contribution in [0.3, 0.4) is 0 Å². The summed E-state index contributed by atoms with van der Waals surface area (Å²) in [5.74, 6) is 0.843. The summed E-state index contributed by atoms with van der Waals surface area (Å²) in [5, 5.41) is 0. The standard InChI is InChI=1S/C28H38N2O6.4H2S/c1-17-7-19(3)25(11-23-13-29-15-33-23)35-28(32)22(6)10-18(2)8-20(4)26(12-24-14-30-16-34-24)36-27(31)21(5)9-17;;;;/h9-10,13-20,25-26H,7-8,11-12H2,1-6H3;4*1H2/b21-9-,22-10-;;;;/t17-,18-,19+,20+,25+,26?;;;;/m1..../s1. The zero-order valence-electron chi connectivity index (χ0n) is 24.1. The first-order valence-corrected chi connectivity index (χ1v) is 12.7. The predicted octanol–water partition coefficient (Wildman–Crippen LogP) is 5.95. The summed E-state index contributed by atoms with van der Waals surface area (Å²) in [6.07, 6.45) is 11.4. The molecule has 8 nitrogen and oxygen atoms in total. The van der Waals surface area contributed by atoms with Crippen LogP contribution in [0.1, 0.15) is 65.9 Å². The van der Waals surface area contributed by atoms with Crippen LogP contribution >= 0.6 is 54.0 Å². The van der Waals surface area contributed by atoms with Crippen molar-refractivity contribution < 1.29 is 27.9 Å². The molecule has 0 N–H and O–H groups in total. The van der Waals surface area contributed by atoms with E-state index >= 15 is 0 Å². The van der Waals surface area contributed by atoms with E-state index < -0.39 is 0 Å². The van der Waals surface area contributed by atoms with Crippen LogP contribution in [0.25, 0.3) is 0 Å². The van der Waals surface area contributed by atoms with Gasteiger partial charge in [-0.2, -0.15) is 54.0 Å². The van der Waals surface area contributed by atoms with E-state index in [0.29, 0.717) is 48.3 Å². The number of aromatic nitrogens is 2. The Bertz CT molecular complexity index is 975. The molecule has 2 aromatic heterocycles. The third-order valence-corrected chi connectivity index (χ3v) is 6.76. The Labute approximate surface area is 265 Å². The van der Waals surface area contributed by atoms with Crippen LogP contribution in [-0.4, -0.2) is 34.1 Å². The molecule has 0 saturated carbocycles. The Balaban J connectivity index is 0. The molecule has 40 heavy (non-hydrogen) atoms. The number of nitrogens with zero attached hydrogens (tertiary/aromatic N) is 2. The van der Waals surface area contributed by atoms with Crippen molar-refractivity contribution in [1.29, 1.82) is 0 Å². The molecule has 1 aliphatic rings. The summed E-state index contributed by atoms with van der Waals surface area (Å²) in [7, 11) is 0. The Morgan fingerprint density at radius 1 is 0.675 bits per heavy atom. The average Bonchev–Trinajstić information content (AvgIpc) is 3.51. The Hall–Kier alpha value is -1.76. The van der Waals surface area contributed by atoms with Gasteiger partial charge in [-0.3, -0.25) is 0 Å². The number of hydrogen-bond acceptors (Lipinski definition) is 8. The van der Waals surface area contributed by atoms with Crippen LogP contribution in [0.15, 0.2) is 57.3 Å². The molecular formula is C28H46N2O6S4. The fraction of sp³-hybridized carbons (Fsp3) is 0.571. The van der Waals surface area contributed by atoms with Gasteiger partial charge in [0.2, 0.25) is 0 Å². The van der Waals surface area contributed by atoms with E-state index in [1.165, 1.54) is 12.8 Å². The van der Waals surface area contributed by atoms with Crippen molar-refractivity contribution in [3.05, 3.63) is 60.0 Å². The SMILES string of the molecule is C/C1=C/[C@H](C)C[C@H](C)[C@H](Cc2cnco2)OC(=O)/C(C)=C\[C@H](C)C[C@H](C)C(Cc2cnco2)OC1=O.S.S.S.S. The molecule has 12 heteroatoms. The van der Waals surface area contributed by atoms with Gasteiger partial charge in [-0.1, -0.05) is 39.8 Å². The molecule has 0 bridgehead atoms. The van der Waals surface area contributed by atoms with Gasteiger partial charge in [0, 0.05) is 24.0 Å². The summed E-state index contributed by atoms with van der Waals surface area (Å²) in [6.45, 7) is 11.8. The van der Waals surface area contributed by atoms with Gasteiger partial charge in [-0.05, 0) is 50.4 Å². The number of rotatable bonds is 4. The number of carbonyl (C=O) groups excluding carboxylic acids is 2. The predicted molar refractivity (Wildman–Crippen MR) is 175 cm³/mol. The highest BCUT2D eigenvalue weighted by atomic mass is 32.1. The molecule has 0 spiro atoms. The number of allylic oxidation sites excluding steroid dienone is 2. The maximum absolute atomic E-state index is 13.0. The lowest BCUT2D eigenvalue weighted by molar-refractivity contribution is -0.147. The van der Waals surface area contributed by atoms with Crippen molar-refractivity contribution in [1.82, 2.24) is 9.97 Å². The van der Waals surface area contributed by atoms with Gasteiger partial charge in [0.25, 0.3) is 0 Å². The molecule has 3 heterocycles. The fourth-order valence-electron chi connectivity index (χ4n) is 4.86. The lowest BCUT2D eigenvalue weighted by atomic mass is 9.88. The molecule has 228 valence electrons. The van der Waals surface area contributed by atoms with Gasteiger partial charge >= 0.3 is 11.9 Å². The molecule has 2 aromatic rings. The molecule has 1 aliphatic heterocycles. The van der Waals surface area contributed by atoms with E-state index in [1.807, 2.05) is 39.8 Å². The molecule has 0 aromatic carbocycles. The van der Waals surface area contributed by atoms with Crippen molar-refractivity contribution >= 4 is 65.9 Å². The van der Waals surface area contributed by atoms with E-state index in [-0.39, 0.29) is 102 Å². The number of hydrogen-bond donors (Lipinski definition) is 0. The van der Waals surface area contributed by atoms with Crippen molar-refractivity contribution in [2.24, 2.45) is 23.7 Å². The Kier molecular flexibility index (Phi) is 19.6. The summed E-state index contributed by atoms with van der Waals surface area (Å²) in [6, 6.07) is 0. The summed E-state index contributed by atoms with van der Waals surface area (Å²) >= 11 is 0. The van der Waals surface area contributed by atoms with Crippen LogP contribution in [0.5, 0.6) is 0 Å². The first-order valence-electron chi connectivity index (χ1n) is 12.7. The van der Waals surface area contributed by atoms with E-state index in [4.69, 9.17) is 18.3 Å². The van der Waals surface area contributed by atoms with Gasteiger partial charge in [-0.15, -0.1) is 0 Å². The third kappa shape index (κ3) is 12.4. The molecule has 1 unspecified atom stereocenters. The number of ether oxygens (including phenoxy) is 2. The van der Waals surface area contributed by atoms with Crippen molar-refractivity contribution in [3.63, 3.8) is 0 Å². The summed E-state index contributed by atoms with van der Waals surface area (Å²) in [5.41, 5.74) is 1.12. The minimum Gasteiger partial charge on any atom is -0.458 e. The molecule has 0 amide bonds. The van der Waals surface area contributed by atoms with Gasteiger partial charge in [0.1, 0.15) is 23.7 Å². The minimum absolute atomic E-state index is 0. The van der Waals surface area contributed by atoms with Gasteiger partial charge in [0.15, 0.2) is 12.8 Å². The fourth-order valence-corrected chi connectivity index (χ4v) is 4.86. The molecule has 3 rings (SSSR count). The van der Waals surface area contributed by atoms with E-state index in [1.54, 1.807) is 26.2 Å². The summed E-state index contributed by atoms with van der Waals surface area (Å²) in [4.78, 5) is 34.0. The van der Waals surface area contributed by atoms with Crippen LogP contribution < -0.4 is 0 Å². The number of esters is 2. The highest BCUT2D eigenvalue weighted by molar-refractivity contribution is 7.59. The second kappa shape index (κ2) is 19.4. The average molecular weight is 635 g/mol. The lowest BCUT2D eigenvalue weighted by Crippen LogP contribution is -2.30. The van der Waals surface area contributed by atoms with Crippen LogP contribution in [0.2, 0.25) is 0 Å². The second-order valence-corrected chi connectivity index (χ2v) is 10.3. The summed E-state index contributed by atoms with van der Waals surface area (Å²) < 4.78 is 22.8. The first kappa shape index (κ1) is 40.4. The lowest BCUT2D eigenvalue weighted by Gasteiger charge is -2.27. The van der Waals surface area contributed by atoms with Crippen molar-refractivity contribution in [3.8, 4) is 0 Å². The van der Waals surface area contributed by atoms with Crippen LogP contribution in [-0.2, 0) is 31.9 Å². The number of carbonyl (C=O) groups is 2. The van der Waals surface area contributed by atoms with Crippen LogP contribution in [0, 0.1) is 23.7 Å². The van der Waals surface area contributed by atoms with E-state index in [0.717, 1.165) is 0 Å². The molecule has 6 atom stereocenters. The number of oxazole rings is 2. The highest BCUT2D eigenvalue weighted by Crippen LogP contribution is 2.27. The van der Waals surface area contributed by atoms with Crippen molar-refractivity contribution in [2.75, 3.05) is 0 Å². The zero-order valence-corrected chi connectivity index (χ0v) is 28.1. The van der Waals surface area contributed by atoms with E-state index in [2.05, 4.69) is 9.97 Å². The normalized spacial score (nSPS) is 28.9. The molecule has 0 aliphatic carbocycles. The maximum atomic E-state index is 13.0. The molecule has 0 radical (unpaired) electrons.